The Kier molecular flexibility index (Phi) is 6.42. The Labute approximate surface area is 164 Å². The first-order valence-corrected chi connectivity index (χ1v) is 9.37. The van der Waals surface area contributed by atoms with Crippen LogP contribution in [0.2, 0.25) is 0 Å². The molecular weight excluding hydrogens is 354 g/mol. The molecule has 3 rings (SSSR count). The van der Waals surface area contributed by atoms with Crippen molar-refractivity contribution < 1.29 is 14.1 Å². The molecule has 0 radical (unpaired) electrons. The molecular formula is C22H25N3O3. The molecule has 1 aromatic heterocycles. The molecule has 0 unspecified atom stereocenters. The van der Waals surface area contributed by atoms with Crippen LogP contribution < -0.4 is 10.1 Å². The summed E-state index contributed by atoms with van der Waals surface area (Å²) in [5.74, 6) is 2.18. The van der Waals surface area contributed by atoms with Gasteiger partial charge in [0, 0.05) is 24.9 Å². The molecule has 1 heterocycles. The van der Waals surface area contributed by atoms with Crippen molar-refractivity contribution in [2.75, 3.05) is 7.11 Å². The van der Waals surface area contributed by atoms with E-state index in [1.807, 2.05) is 36.4 Å². The SMILES string of the molecule is COc1cccc(CNC(=O)CCc2nc(-c3ccc(C(C)C)cc3)no2)c1. The van der Waals surface area contributed by atoms with Crippen molar-refractivity contribution in [3.63, 3.8) is 0 Å². The molecule has 0 atom stereocenters. The standard InChI is InChI=1S/C22H25N3O3/c1-15(2)17-7-9-18(10-8-17)22-24-21(28-25-22)12-11-20(26)23-14-16-5-4-6-19(13-16)27-3/h4-10,13,15H,11-12,14H2,1-3H3,(H,23,26). The number of nitrogens with zero attached hydrogens (tertiary/aromatic N) is 2. The van der Waals surface area contributed by atoms with Crippen LogP contribution in [0.1, 0.15) is 43.2 Å². The second-order valence-electron chi connectivity index (χ2n) is 6.92. The largest absolute Gasteiger partial charge is 0.497 e. The maximum absolute atomic E-state index is 12.1. The summed E-state index contributed by atoms with van der Waals surface area (Å²) < 4.78 is 10.5. The molecule has 146 valence electrons. The highest BCUT2D eigenvalue weighted by molar-refractivity contribution is 5.76. The molecule has 1 N–H and O–H groups in total. The second-order valence-corrected chi connectivity index (χ2v) is 6.92. The van der Waals surface area contributed by atoms with Crippen LogP contribution in [-0.2, 0) is 17.8 Å². The van der Waals surface area contributed by atoms with Crippen LogP contribution in [-0.4, -0.2) is 23.2 Å². The third-order valence-corrected chi connectivity index (χ3v) is 4.49. The molecule has 3 aromatic rings. The number of hydrogen-bond acceptors (Lipinski definition) is 5. The molecule has 28 heavy (non-hydrogen) atoms. The van der Waals surface area contributed by atoms with Crippen molar-refractivity contribution in [2.24, 2.45) is 0 Å². The van der Waals surface area contributed by atoms with Crippen molar-refractivity contribution in [3.05, 3.63) is 65.5 Å². The Balaban J connectivity index is 1.50. The van der Waals surface area contributed by atoms with E-state index >= 15 is 0 Å². The number of amides is 1. The third-order valence-electron chi connectivity index (χ3n) is 4.49. The second kappa shape index (κ2) is 9.17. The summed E-state index contributed by atoms with van der Waals surface area (Å²) in [5, 5.41) is 6.91. The third kappa shape index (κ3) is 5.19. The van der Waals surface area contributed by atoms with Gasteiger partial charge in [0.1, 0.15) is 5.75 Å². The lowest BCUT2D eigenvalue weighted by Crippen LogP contribution is -2.23. The van der Waals surface area contributed by atoms with Crippen LogP contribution in [0.25, 0.3) is 11.4 Å². The maximum Gasteiger partial charge on any atom is 0.227 e. The molecule has 0 saturated heterocycles. The highest BCUT2D eigenvalue weighted by Gasteiger charge is 2.11. The number of methoxy groups -OCH3 is 1. The van der Waals surface area contributed by atoms with E-state index in [1.54, 1.807) is 7.11 Å². The highest BCUT2D eigenvalue weighted by atomic mass is 16.5. The molecule has 6 heteroatoms. The predicted molar refractivity (Wildman–Crippen MR) is 107 cm³/mol. The summed E-state index contributed by atoms with van der Waals surface area (Å²) in [6.07, 6.45) is 0.693. The summed E-state index contributed by atoms with van der Waals surface area (Å²) in [6, 6.07) is 15.7. The fraction of sp³-hybridized carbons (Fsp3) is 0.318. The van der Waals surface area contributed by atoms with E-state index in [-0.39, 0.29) is 12.3 Å². The van der Waals surface area contributed by atoms with Crippen molar-refractivity contribution in [1.82, 2.24) is 15.5 Å². The monoisotopic (exact) mass is 379 g/mol. The zero-order valence-corrected chi connectivity index (χ0v) is 16.4. The zero-order chi connectivity index (χ0) is 19.9. The van der Waals surface area contributed by atoms with Gasteiger partial charge < -0.3 is 14.6 Å². The van der Waals surface area contributed by atoms with Gasteiger partial charge in [0.05, 0.1) is 7.11 Å². The Morgan fingerprint density at radius 1 is 1.18 bits per heavy atom. The van der Waals surface area contributed by atoms with Gasteiger partial charge in [-0.2, -0.15) is 4.98 Å². The summed E-state index contributed by atoms with van der Waals surface area (Å²) in [5.41, 5.74) is 3.15. The molecule has 0 bridgehead atoms. The lowest BCUT2D eigenvalue weighted by molar-refractivity contribution is -0.121. The molecule has 0 aliphatic rings. The van der Waals surface area contributed by atoms with E-state index in [1.165, 1.54) is 5.56 Å². The number of carbonyl (C=O) groups excluding carboxylic acids is 1. The van der Waals surface area contributed by atoms with Gasteiger partial charge in [0.2, 0.25) is 17.6 Å². The fourth-order valence-corrected chi connectivity index (χ4v) is 2.78. The molecule has 0 spiro atoms. The van der Waals surface area contributed by atoms with Crippen LogP contribution in [0.3, 0.4) is 0 Å². The molecule has 0 saturated carbocycles. The van der Waals surface area contributed by atoms with Gasteiger partial charge in [0.25, 0.3) is 0 Å². The summed E-state index contributed by atoms with van der Waals surface area (Å²) in [4.78, 5) is 16.5. The number of rotatable bonds is 8. The van der Waals surface area contributed by atoms with Crippen molar-refractivity contribution in [3.8, 4) is 17.1 Å². The van der Waals surface area contributed by atoms with Crippen molar-refractivity contribution in [2.45, 2.75) is 39.2 Å². The number of ether oxygens (including phenoxy) is 1. The Bertz CT molecular complexity index is 917. The van der Waals surface area contributed by atoms with E-state index in [0.29, 0.717) is 30.6 Å². The lowest BCUT2D eigenvalue weighted by atomic mass is 10.0. The van der Waals surface area contributed by atoms with Crippen LogP contribution in [0.15, 0.2) is 53.1 Å². The fourth-order valence-electron chi connectivity index (χ4n) is 2.78. The minimum absolute atomic E-state index is 0.0659. The first-order valence-electron chi connectivity index (χ1n) is 9.37. The van der Waals surface area contributed by atoms with Crippen LogP contribution in [0.5, 0.6) is 5.75 Å². The predicted octanol–water partition coefficient (Wildman–Crippen LogP) is 4.12. The summed E-state index contributed by atoms with van der Waals surface area (Å²) in [6.45, 7) is 4.76. The lowest BCUT2D eigenvalue weighted by Gasteiger charge is -2.06. The maximum atomic E-state index is 12.1. The normalized spacial score (nSPS) is 10.9. The Hall–Kier alpha value is -3.15. The molecule has 0 aliphatic carbocycles. The van der Waals surface area contributed by atoms with Crippen molar-refractivity contribution in [1.29, 1.82) is 0 Å². The molecule has 0 aliphatic heterocycles. The van der Waals surface area contributed by atoms with Gasteiger partial charge in [0.15, 0.2) is 0 Å². The quantitative estimate of drug-likeness (QED) is 0.637. The van der Waals surface area contributed by atoms with E-state index in [0.717, 1.165) is 16.9 Å². The van der Waals surface area contributed by atoms with E-state index < -0.39 is 0 Å². The first kappa shape index (κ1) is 19.6. The smallest absolute Gasteiger partial charge is 0.227 e. The van der Waals surface area contributed by atoms with Crippen LogP contribution in [0.4, 0.5) is 0 Å². The number of benzene rings is 2. The van der Waals surface area contributed by atoms with Gasteiger partial charge in [-0.25, -0.2) is 0 Å². The van der Waals surface area contributed by atoms with Gasteiger partial charge in [-0.05, 0) is 29.2 Å². The molecule has 6 nitrogen and oxygen atoms in total. The molecule has 1 amide bonds. The summed E-state index contributed by atoms with van der Waals surface area (Å²) in [7, 11) is 1.62. The number of hydrogen-bond donors (Lipinski definition) is 1. The van der Waals surface area contributed by atoms with E-state index in [9.17, 15) is 4.79 Å². The topological polar surface area (TPSA) is 77.2 Å². The van der Waals surface area contributed by atoms with Crippen LogP contribution >= 0.6 is 0 Å². The number of aryl methyl sites for hydroxylation is 1. The van der Waals surface area contributed by atoms with E-state index in [4.69, 9.17) is 9.26 Å². The van der Waals surface area contributed by atoms with Gasteiger partial charge in [-0.15, -0.1) is 0 Å². The van der Waals surface area contributed by atoms with Gasteiger partial charge in [-0.3, -0.25) is 4.79 Å². The van der Waals surface area contributed by atoms with Gasteiger partial charge in [-0.1, -0.05) is 55.4 Å². The zero-order valence-electron chi connectivity index (χ0n) is 16.4. The van der Waals surface area contributed by atoms with E-state index in [2.05, 4.69) is 41.4 Å². The molecule has 2 aromatic carbocycles. The highest BCUT2D eigenvalue weighted by Crippen LogP contribution is 2.20. The van der Waals surface area contributed by atoms with Crippen molar-refractivity contribution >= 4 is 5.91 Å². The summed E-state index contributed by atoms with van der Waals surface area (Å²) >= 11 is 0. The number of nitrogens with one attached hydrogen (secondary N) is 1. The number of aromatic nitrogens is 2. The Morgan fingerprint density at radius 3 is 2.68 bits per heavy atom. The molecule has 0 fully saturated rings. The van der Waals surface area contributed by atoms with Gasteiger partial charge >= 0.3 is 0 Å². The average Bonchev–Trinajstić information content (AvgIpc) is 3.20. The minimum atomic E-state index is -0.0659. The van der Waals surface area contributed by atoms with Crippen LogP contribution in [0, 0.1) is 0 Å². The average molecular weight is 379 g/mol. The Morgan fingerprint density at radius 2 is 1.96 bits per heavy atom. The number of carbonyl (C=O) groups is 1. The minimum Gasteiger partial charge on any atom is -0.497 e. The first-order chi connectivity index (χ1) is 13.5.